The van der Waals surface area contributed by atoms with E-state index in [2.05, 4.69) is 9.97 Å². The average molecular weight is 283 g/mol. The van der Waals surface area contributed by atoms with E-state index in [-0.39, 0.29) is 5.75 Å². The molecule has 7 heteroatoms. The molecule has 0 bridgehead atoms. The van der Waals surface area contributed by atoms with Crippen LogP contribution in [0.5, 0.6) is 0 Å². The summed E-state index contributed by atoms with van der Waals surface area (Å²) < 4.78 is 27.7. The molecule has 0 aliphatic carbocycles. The first-order chi connectivity index (χ1) is 8.85. The van der Waals surface area contributed by atoms with E-state index in [9.17, 15) is 8.42 Å². The Hall–Kier alpha value is -1.60. The van der Waals surface area contributed by atoms with Crippen LogP contribution in [0.1, 0.15) is 24.0 Å². The third-order valence-electron chi connectivity index (χ3n) is 2.75. The van der Waals surface area contributed by atoms with E-state index in [0.29, 0.717) is 18.0 Å². The number of rotatable bonds is 5. The second-order valence-electron chi connectivity index (χ2n) is 4.62. The van der Waals surface area contributed by atoms with Gasteiger partial charge in [0.1, 0.15) is 27.1 Å². The van der Waals surface area contributed by atoms with Crippen LogP contribution in [0.2, 0.25) is 0 Å². The lowest BCUT2D eigenvalue weighted by molar-refractivity contribution is 0.546. The Balaban J connectivity index is 2.08. The molecule has 104 valence electrons. The highest BCUT2D eigenvalue weighted by Crippen LogP contribution is 2.21. The van der Waals surface area contributed by atoms with Gasteiger partial charge in [0.2, 0.25) is 0 Å². The van der Waals surface area contributed by atoms with Gasteiger partial charge in [0.25, 0.3) is 0 Å². The van der Waals surface area contributed by atoms with Crippen LogP contribution in [-0.2, 0) is 9.84 Å². The zero-order chi connectivity index (χ0) is 14.0. The summed E-state index contributed by atoms with van der Waals surface area (Å²) in [7, 11) is -3.01. The first kappa shape index (κ1) is 13.8. The van der Waals surface area contributed by atoms with Crippen molar-refractivity contribution in [2.45, 2.75) is 19.4 Å². The summed E-state index contributed by atoms with van der Waals surface area (Å²) in [4.78, 5) is 7.22. The summed E-state index contributed by atoms with van der Waals surface area (Å²) >= 11 is 0. The molecule has 0 radical (unpaired) electrons. The highest BCUT2D eigenvalue weighted by atomic mass is 32.2. The van der Waals surface area contributed by atoms with Crippen LogP contribution < -0.4 is 5.73 Å². The number of hydrogen-bond donors (Lipinski definition) is 2. The molecule has 0 saturated carbocycles. The third-order valence-corrected chi connectivity index (χ3v) is 3.73. The molecule has 3 N–H and O–H groups in total. The molecular weight excluding hydrogens is 266 g/mol. The molecule has 1 atom stereocenters. The molecule has 6 nitrogen and oxygen atoms in total. The van der Waals surface area contributed by atoms with Crippen molar-refractivity contribution >= 4 is 9.84 Å². The number of imidazole rings is 1. The van der Waals surface area contributed by atoms with E-state index < -0.39 is 15.9 Å². The maximum absolute atomic E-state index is 11.1. The van der Waals surface area contributed by atoms with Crippen LogP contribution in [-0.4, -0.2) is 30.4 Å². The maximum atomic E-state index is 11.1. The second kappa shape index (κ2) is 5.18. The summed E-state index contributed by atoms with van der Waals surface area (Å²) in [6.07, 6.45) is 3.16. The van der Waals surface area contributed by atoms with E-state index in [1.165, 1.54) is 6.26 Å². The van der Waals surface area contributed by atoms with Crippen LogP contribution in [0.15, 0.2) is 22.7 Å². The van der Waals surface area contributed by atoms with Crippen molar-refractivity contribution in [2.24, 2.45) is 5.73 Å². The number of nitrogens with zero attached hydrogens (tertiary/aromatic N) is 1. The van der Waals surface area contributed by atoms with Crippen LogP contribution in [0.25, 0.3) is 11.5 Å². The van der Waals surface area contributed by atoms with Gasteiger partial charge in [0.15, 0.2) is 5.76 Å². The summed E-state index contributed by atoms with van der Waals surface area (Å²) in [6, 6.07) is 3.27. The first-order valence-electron chi connectivity index (χ1n) is 5.90. The Kier molecular flexibility index (Phi) is 3.77. The van der Waals surface area contributed by atoms with Gasteiger partial charge >= 0.3 is 0 Å². The number of nitrogens with two attached hydrogens (primary N) is 1. The number of hydrogen-bond acceptors (Lipinski definition) is 5. The van der Waals surface area contributed by atoms with E-state index >= 15 is 0 Å². The highest BCUT2D eigenvalue weighted by molar-refractivity contribution is 7.90. The number of nitrogens with one attached hydrogen (secondary N) is 1. The minimum Gasteiger partial charge on any atom is -0.460 e. The van der Waals surface area contributed by atoms with Crippen LogP contribution in [0.4, 0.5) is 0 Å². The molecule has 2 heterocycles. The van der Waals surface area contributed by atoms with Crippen molar-refractivity contribution in [3.05, 3.63) is 29.9 Å². The van der Waals surface area contributed by atoms with Gasteiger partial charge in [0, 0.05) is 6.26 Å². The summed E-state index contributed by atoms with van der Waals surface area (Å²) in [6.45, 7) is 1.86. The lowest BCUT2D eigenvalue weighted by atomic mass is 10.2. The van der Waals surface area contributed by atoms with E-state index in [4.69, 9.17) is 10.2 Å². The average Bonchev–Trinajstić information content (AvgIpc) is 2.93. The summed E-state index contributed by atoms with van der Waals surface area (Å²) in [5.41, 5.74) is 6.64. The summed E-state index contributed by atoms with van der Waals surface area (Å²) in [5.74, 6) is 2.11. The third kappa shape index (κ3) is 3.68. The number of aromatic nitrogens is 2. The fourth-order valence-electron chi connectivity index (χ4n) is 1.71. The van der Waals surface area contributed by atoms with Gasteiger partial charge in [-0.15, -0.1) is 0 Å². The van der Waals surface area contributed by atoms with Crippen molar-refractivity contribution in [3.8, 4) is 11.5 Å². The first-order valence-corrected chi connectivity index (χ1v) is 7.96. The predicted octanol–water partition coefficient (Wildman–Crippen LogP) is 1.41. The van der Waals surface area contributed by atoms with Crippen molar-refractivity contribution < 1.29 is 12.8 Å². The Labute approximate surface area is 112 Å². The van der Waals surface area contributed by atoms with Gasteiger partial charge in [-0.2, -0.15) is 0 Å². The zero-order valence-electron chi connectivity index (χ0n) is 10.9. The number of sulfone groups is 1. The normalized spacial score (nSPS) is 13.6. The summed E-state index contributed by atoms with van der Waals surface area (Å²) in [5, 5.41) is 0. The number of aryl methyl sites for hydroxylation is 1. The van der Waals surface area contributed by atoms with Gasteiger partial charge in [-0.3, -0.25) is 0 Å². The van der Waals surface area contributed by atoms with Crippen LogP contribution in [0, 0.1) is 6.92 Å². The van der Waals surface area contributed by atoms with Gasteiger partial charge in [-0.1, -0.05) is 0 Å². The molecule has 2 aromatic heterocycles. The molecular formula is C12H17N3O3S. The van der Waals surface area contributed by atoms with Crippen LogP contribution in [0.3, 0.4) is 0 Å². The SMILES string of the molecule is Cc1ccc(-c2cnc(C(N)CCS(C)(=O)=O)[nH]2)o1. The topological polar surface area (TPSA) is 102 Å². The maximum Gasteiger partial charge on any atom is 0.152 e. The van der Waals surface area contributed by atoms with Gasteiger partial charge < -0.3 is 15.1 Å². The van der Waals surface area contributed by atoms with Crippen molar-refractivity contribution in [1.29, 1.82) is 0 Å². The predicted molar refractivity (Wildman–Crippen MR) is 72.3 cm³/mol. The van der Waals surface area contributed by atoms with E-state index in [1.54, 1.807) is 6.20 Å². The molecule has 1 unspecified atom stereocenters. The minimum absolute atomic E-state index is 0.0457. The number of H-pyrrole nitrogens is 1. The lowest BCUT2D eigenvalue weighted by Gasteiger charge is -2.07. The van der Waals surface area contributed by atoms with Crippen molar-refractivity contribution in [3.63, 3.8) is 0 Å². The van der Waals surface area contributed by atoms with Crippen molar-refractivity contribution in [1.82, 2.24) is 9.97 Å². The zero-order valence-corrected chi connectivity index (χ0v) is 11.7. The molecule has 0 amide bonds. The van der Waals surface area contributed by atoms with Gasteiger partial charge in [-0.05, 0) is 25.5 Å². The number of furan rings is 1. The Morgan fingerprint density at radius 2 is 2.21 bits per heavy atom. The Bertz CT molecular complexity index is 657. The van der Waals surface area contributed by atoms with Gasteiger partial charge in [0.05, 0.1) is 18.0 Å². The molecule has 19 heavy (non-hydrogen) atoms. The smallest absolute Gasteiger partial charge is 0.152 e. The monoisotopic (exact) mass is 283 g/mol. The highest BCUT2D eigenvalue weighted by Gasteiger charge is 2.14. The van der Waals surface area contributed by atoms with Crippen LogP contribution >= 0.6 is 0 Å². The van der Waals surface area contributed by atoms with E-state index in [1.807, 2.05) is 19.1 Å². The molecule has 0 aromatic carbocycles. The molecule has 0 fully saturated rings. The Morgan fingerprint density at radius 3 is 2.79 bits per heavy atom. The lowest BCUT2D eigenvalue weighted by Crippen LogP contribution is -2.16. The molecule has 0 aliphatic heterocycles. The Morgan fingerprint density at radius 1 is 1.47 bits per heavy atom. The molecule has 2 aromatic rings. The molecule has 0 spiro atoms. The fraction of sp³-hybridized carbons (Fsp3) is 0.417. The minimum atomic E-state index is -3.01. The molecule has 0 aliphatic rings. The number of aromatic amines is 1. The standard InChI is InChI=1S/C12H17N3O3S/c1-8-3-4-11(18-8)10-7-14-12(15-10)9(13)5-6-19(2,16)17/h3-4,7,9H,5-6,13H2,1-2H3,(H,14,15). The quantitative estimate of drug-likeness (QED) is 0.863. The molecule has 0 saturated heterocycles. The largest absolute Gasteiger partial charge is 0.460 e. The fourth-order valence-corrected chi connectivity index (χ4v) is 2.39. The van der Waals surface area contributed by atoms with Crippen molar-refractivity contribution in [2.75, 3.05) is 12.0 Å². The van der Waals surface area contributed by atoms with Gasteiger partial charge in [-0.25, -0.2) is 13.4 Å². The second-order valence-corrected chi connectivity index (χ2v) is 6.88. The van der Waals surface area contributed by atoms with E-state index in [0.717, 1.165) is 11.5 Å². The molecule has 2 rings (SSSR count).